The van der Waals surface area contributed by atoms with Gasteiger partial charge in [-0.3, -0.25) is 4.79 Å². The monoisotopic (exact) mass is 391 g/mol. The SMILES string of the molecule is O=C(c1ccc(CO)cc1)N1CCCC(CCc2cccc(C(F)(F)F)c2)C1. The first kappa shape index (κ1) is 20.4. The van der Waals surface area contributed by atoms with Crippen LogP contribution in [-0.4, -0.2) is 29.0 Å². The molecule has 2 aromatic carbocycles. The number of halogens is 3. The van der Waals surface area contributed by atoms with Crippen molar-refractivity contribution in [3.8, 4) is 0 Å². The molecule has 3 nitrogen and oxygen atoms in total. The number of carbonyl (C=O) groups excluding carboxylic acids is 1. The first-order chi connectivity index (χ1) is 13.4. The number of aliphatic hydroxyl groups is 1. The molecule has 1 heterocycles. The summed E-state index contributed by atoms with van der Waals surface area (Å²) in [5.74, 6) is 0.247. The summed E-state index contributed by atoms with van der Waals surface area (Å²) in [7, 11) is 0. The van der Waals surface area contributed by atoms with Gasteiger partial charge in [-0.15, -0.1) is 0 Å². The lowest BCUT2D eigenvalue weighted by atomic mass is 9.91. The Morgan fingerprint density at radius 1 is 1.11 bits per heavy atom. The predicted octanol–water partition coefficient (Wildman–Crippen LogP) is 4.68. The summed E-state index contributed by atoms with van der Waals surface area (Å²) >= 11 is 0. The van der Waals surface area contributed by atoms with Gasteiger partial charge in [0.15, 0.2) is 0 Å². The number of benzene rings is 2. The van der Waals surface area contributed by atoms with Crippen molar-refractivity contribution in [2.75, 3.05) is 13.1 Å². The lowest BCUT2D eigenvalue weighted by Crippen LogP contribution is -2.40. The third-order valence-corrected chi connectivity index (χ3v) is 5.29. The Labute approximate surface area is 162 Å². The van der Waals surface area contributed by atoms with Crippen LogP contribution in [0.2, 0.25) is 0 Å². The Morgan fingerprint density at radius 2 is 1.86 bits per heavy atom. The van der Waals surface area contributed by atoms with Crippen molar-refractivity contribution in [1.29, 1.82) is 0 Å². The second-order valence-corrected chi connectivity index (χ2v) is 7.35. The fraction of sp³-hybridized carbons (Fsp3) is 0.409. The second kappa shape index (κ2) is 8.78. The summed E-state index contributed by atoms with van der Waals surface area (Å²) in [6.45, 7) is 1.26. The molecule has 1 aliphatic heterocycles. The van der Waals surface area contributed by atoms with Gasteiger partial charge in [0.05, 0.1) is 12.2 Å². The van der Waals surface area contributed by atoms with E-state index in [1.807, 2.05) is 4.90 Å². The number of hydrogen-bond acceptors (Lipinski definition) is 2. The second-order valence-electron chi connectivity index (χ2n) is 7.35. The number of piperidine rings is 1. The molecule has 1 saturated heterocycles. The van der Waals surface area contributed by atoms with E-state index in [2.05, 4.69) is 0 Å². The lowest BCUT2D eigenvalue weighted by Gasteiger charge is -2.33. The van der Waals surface area contributed by atoms with Crippen LogP contribution in [0.15, 0.2) is 48.5 Å². The Kier molecular flexibility index (Phi) is 6.39. The molecule has 1 N–H and O–H groups in total. The van der Waals surface area contributed by atoms with Crippen LogP contribution in [0.1, 0.15) is 46.3 Å². The van der Waals surface area contributed by atoms with Crippen molar-refractivity contribution < 1.29 is 23.1 Å². The van der Waals surface area contributed by atoms with E-state index in [1.54, 1.807) is 30.3 Å². The number of alkyl halides is 3. The van der Waals surface area contributed by atoms with E-state index in [-0.39, 0.29) is 18.4 Å². The molecule has 0 aromatic heterocycles. The number of hydrogen-bond donors (Lipinski definition) is 1. The third kappa shape index (κ3) is 5.13. The van der Waals surface area contributed by atoms with E-state index < -0.39 is 11.7 Å². The molecule has 1 unspecified atom stereocenters. The normalized spacial score (nSPS) is 17.6. The maximum absolute atomic E-state index is 12.9. The molecule has 6 heteroatoms. The largest absolute Gasteiger partial charge is 0.416 e. The van der Waals surface area contributed by atoms with Gasteiger partial charge in [-0.1, -0.05) is 30.3 Å². The van der Waals surface area contributed by atoms with Gasteiger partial charge in [0.1, 0.15) is 0 Å². The van der Waals surface area contributed by atoms with Crippen molar-refractivity contribution in [2.24, 2.45) is 5.92 Å². The third-order valence-electron chi connectivity index (χ3n) is 5.29. The van der Waals surface area contributed by atoms with Crippen molar-refractivity contribution in [3.05, 3.63) is 70.8 Å². The lowest BCUT2D eigenvalue weighted by molar-refractivity contribution is -0.137. The summed E-state index contributed by atoms with van der Waals surface area (Å²) in [6, 6.07) is 12.4. The summed E-state index contributed by atoms with van der Waals surface area (Å²) in [6.07, 6.45) is -1.12. The van der Waals surface area contributed by atoms with Crippen molar-refractivity contribution >= 4 is 5.91 Å². The van der Waals surface area contributed by atoms with Gasteiger partial charge >= 0.3 is 6.18 Å². The Bertz CT molecular complexity index is 802. The van der Waals surface area contributed by atoms with Crippen molar-refractivity contribution in [3.63, 3.8) is 0 Å². The number of likely N-dealkylation sites (tertiary alicyclic amines) is 1. The number of nitrogens with zero attached hydrogens (tertiary/aromatic N) is 1. The molecule has 0 spiro atoms. The predicted molar refractivity (Wildman–Crippen MR) is 101 cm³/mol. The standard InChI is InChI=1S/C22H24F3NO2/c23-22(24,25)20-5-1-3-16(13-20)6-7-17-4-2-12-26(14-17)21(28)19-10-8-18(15-27)9-11-19/h1,3,5,8-11,13,17,27H,2,4,6-7,12,14-15H2. The highest BCUT2D eigenvalue weighted by Crippen LogP contribution is 2.30. The molecule has 1 amide bonds. The van der Waals surface area contributed by atoms with Gasteiger partial charge in [0.25, 0.3) is 5.91 Å². The van der Waals surface area contributed by atoms with E-state index in [9.17, 15) is 18.0 Å². The zero-order chi connectivity index (χ0) is 20.1. The van der Waals surface area contributed by atoms with Crippen LogP contribution in [0.5, 0.6) is 0 Å². The highest BCUT2D eigenvalue weighted by molar-refractivity contribution is 5.94. The van der Waals surface area contributed by atoms with E-state index in [0.29, 0.717) is 30.6 Å². The maximum atomic E-state index is 12.9. The van der Waals surface area contributed by atoms with Gasteiger partial charge in [0.2, 0.25) is 0 Å². The quantitative estimate of drug-likeness (QED) is 0.804. The first-order valence-electron chi connectivity index (χ1n) is 9.52. The van der Waals surface area contributed by atoms with Crippen LogP contribution in [0.4, 0.5) is 13.2 Å². The maximum Gasteiger partial charge on any atom is 0.416 e. The minimum absolute atomic E-state index is 0.0340. The summed E-state index contributed by atoms with van der Waals surface area (Å²) in [5.41, 5.74) is 1.42. The summed E-state index contributed by atoms with van der Waals surface area (Å²) in [4.78, 5) is 14.5. The molecule has 1 atom stereocenters. The van der Waals surface area contributed by atoms with Crippen molar-refractivity contribution in [2.45, 2.75) is 38.5 Å². The molecule has 0 aliphatic carbocycles. The number of rotatable bonds is 5. The summed E-state index contributed by atoms with van der Waals surface area (Å²) < 4.78 is 38.6. The fourth-order valence-corrected chi connectivity index (χ4v) is 3.69. The van der Waals surface area contributed by atoms with Crippen LogP contribution in [0.3, 0.4) is 0 Å². The highest BCUT2D eigenvalue weighted by atomic mass is 19.4. The molecule has 3 rings (SSSR count). The van der Waals surface area contributed by atoms with Gasteiger partial charge in [0, 0.05) is 18.7 Å². The number of aliphatic hydroxyl groups excluding tert-OH is 1. The zero-order valence-electron chi connectivity index (χ0n) is 15.6. The number of aryl methyl sites for hydroxylation is 1. The molecule has 28 heavy (non-hydrogen) atoms. The Morgan fingerprint density at radius 3 is 2.54 bits per heavy atom. The van der Waals surface area contributed by atoms with Gasteiger partial charge in [-0.2, -0.15) is 13.2 Å². The average Bonchev–Trinajstić information content (AvgIpc) is 2.71. The van der Waals surface area contributed by atoms with E-state index in [4.69, 9.17) is 5.11 Å². The Balaban J connectivity index is 1.58. The summed E-state index contributed by atoms with van der Waals surface area (Å²) in [5, 5.41) is 9.11. The minimum Gasteiger partial charge on any atom is -0.392 e. The highest BCUT2D eigenvalue weighted by Gasteiger charge is 2.30. The fourth-order valence-electron chi connectivity index (χ4n) is 3.69. The molecule has 1 aliphatic rings. The molecule has 0 saturated carbocycles. The number of amides is 1. The van der Waals surface area contributed by atoms with E-state index >= 15 is 0 Å². The van der Waals surface area contributed by atoms with Crippen LogP contribution in [-0.2, 0) is 19.2 Å². The van der Waals surface area contributed by atoms with Crippen LogP contribution in [0, 0.1) is 5.92 Å². The average molecular weight is 391 g/mol. The first-order valence-corrected chi connectivity index (χ1v) is 9.52. The molecular weight excluding hydrogens is 367 g/mol. The molecular formula is C22H24F3NO2. The van der Waals surface area contributed by atoms with Crippen molar-refractivity contribution in [1.82, 2.24) is 4.90 Å². The van der Waals surface area contributed by atoms with Gasteiger partial charge in [-0.25, -0.2) is 0 Å². The molecule has 1 fully saturated rings. The van der Waals surface area contributed by atoms with Gasteiger partial charge < -0.3 is 10.0 Å². The zero-order valence-corrected chi connectivity index (χ0v) is 15.6. The van der Waals surface area contributed by atoms with E-state index in [0.717, 1.165) is 30.9 Å². The van der Waals surface area contributed by atoms with Crippen LogP contribution < -0.4 is 0 Å². The minimum atomic E-state index is -4.32. The van der Waals surface area contributed by atoms with E-state index in [1.165, 1.54) is 12.1 Å². The Hall–Kier alpha value is -2.34. The van der Waals surface area contributed by atoms with Gasteiger partial charge in [-0.05, 0) is 60.9 Å². The molecule has 0 bridgehead atoms. The smallest absolute Gasteiger partial charge is 0.392 e. The molecule has 0 radical (unpaired) electrons. The van der Waals surface area contributed by atoms with Crippen LogP contribution in [0.25, 0.3) is 0 Å². The topological polar surface area (TPSA) is 40.5 Å². The molecule has 2 aromatic rings. The number of carbonyl (C=O) groups is 1. The van der Waals surface area contributed by atoms with Crippen LogP contribution >= 0.6 is 0 Å². The molecule has 150 valence electrons.